The molecule has 5 nitrogen and oxygen atoms in total. The zero-order valence-electron chi connectivity index (χ0n) is 16.2. The number of nitrogens with one attached hydrogen (secondary N) is 1. The minimum Gasteiger partial charge on any atom is -0.439 e. The largest absolute Gasteiger partial charge is 0.439 e. The summed E-state index contributed by atoms with van der Waals surface area (Å²) in [5, 5.41) is 2.59. The Morgan fingerprint density at radius 2 is 1.85 bits per heavy atom. The Morgan fingerprint density at radius 3 is 2.52 bits per heavy atom. The van der Waals surface area contributed by atoms with Crippen LogP contribution in [0.2, 0.25) is 0 Å². The van der Waals surface area contributed by atoms with Gasteiger partial charge in [-0.05, 0) is 68.9 Å². The molecule has 1 fully saturated rings. The Bertz CT molecular complexity index is 824. The van der Waals surface area contributed by atoms with E-state index in [0.717, 1.165) is 18.6 Å². The number of rotatable bonds is 4. The Labute approximate surface area is 160 Å². The van der Waals surface area contributed by atoms with Crippen molar-refractivity contribution in [3.63, 3.8) is 0 Å². The summed E-state index contributed by atoms with van der Waals surface area (Å²) >= 11 is 0. The van der Waals surface area contributed by atoms with Gasteiger partial charge in [0.05, 0.1) is 5.56 Å². The number of ether oxygens (including phenoxy) is 1. The van der Waals surface area contributed by atoms with Gasteiger partial charge in [0, 0.05) is 37.4 Å². The van der Waals surface area contributed by atoms with Crippen LogP contribution < -0.4 is 10.1 Å². The van der Waals surface area contributed by atoms with Crippen LogP contribution in [0.1, 0.15) is 48.2 Å². The molecule has 1 amide bonds. The molecular weight excluding hydrogens is 338 g/mol. The van der Waals surface area contributed by atoms with Crippen molar-refractivity contribution >= 4 is 5.91 Å². The number of likely N-dealkylation sites (tertiary alicyclic amines) is 1. The fourth-order valence-electron chi connectivity index (χ4n) is 4.62. The molecule has 0 bridgehead atoms. The van der Waals surface area contributed by atoms with Crippen molar-refractivity contribution in [3.05, 3.63) is 53.2 Å². The van der Waals surface area contributed by atoms with E-state index in [0.29, 0.717) is 29.6 Å². The van der Waals surface area contributed by atoms with Gasteiger partial charge >= 0.3 is 0 Å². The molecule has 1 aliphatic heterocycles. The highest BCUT2D eigenvalue weighted by Crippen LogP contribution is 2.35. The molecule has 0 saturated carbocycles. The number of aromatic nitrogens is 1. The fraction of sp³-hybridized carbons (Fsp3) is 0.455. The Hall–Kier alpha value is -2.40. The van der Waals surface area contributed by atoms with Gasteiger partial charge in [-0.25, -0.2) is 4.98 Å². The molecule has 3 atom stereocenters. The quantitative estimate of drug-likeness (QED) is 0.900. The molecule has 0 radical (unpaired) electrons. The lowest BCUT2D eigenvalue weighted by Gasteiger charge is -2.32. The van der Waals surface area contributed by atoms with Gasteiger partial charge in [0.15, 0.2) is 0 Å². The standard InChI is InChI=1S/C22H27N3O2/c1-14-4-5-15(2)25(14)19-10-16-6-8-20(12-18(16)11-19)27-21-9-7-17(13-24-21)22(26)23-3/h6-9,12-15,19H,4-5,10-11H2,1-3H3,(H,23,26)/t14-,15-,19?/m0/s1. The molecule has 2 aliphatic rings. The van der Waals surface area contributed by atoms with Gasteiger partial charge in [0.25, 0.3) is 5.91 Å². The Kier molecular flexibility index (Phi) is 4.87. The Balaban J connectivity index is 1.46. The number of carbonyl (C=O) groups excluding carboxylic acids is 1. The summed E-state index contributed by atoms with van der Waals surface area (Å²) in [5.41, 5.74) is 3.34. The third-order valence-corrected chi connectivity index (χ3v) is 5.98. The van der Waals surface area contributed by atoms with Gasteiger partial charge in [-0.3, -0.25) is 9.69 Å². The van der Waals surface area contributed by atoms with Crippen LogP contribution in [0, 0.1) is 0 Å². The highest BCUT2D eigenvalue weighted by atomic mass is 16.5. The number of hydrogen-bond acceptors (Lipinski definition) is 4. The number of hydrogen-bond donors (Lipinski definition) is 1. The third kappa shape index (κ3) is 3.56. The van der Waals surface area contributed by atoms with Crippen molar-refractivity contribution in [2.24, 2.45) is 0 Å². The van der Waals surface area contributed by atoms with E-state index in [1.54, 1.807) is 19.2 Å². The van der Waals surface area contributed by atoms with E-state index < -0.39 is 0 Å². The smallest absolute Gasteiger partial charge is 0.252 e. The number of carbonyl (C=O) groups is 1. The maximum absolute atomic E-state index is 11.6. The first-order valence-corrected chi connectivity index (χ1v) is 9.80. The first-order chi connectivity index (χ1) is 13.0. The van der Waals surface area contributed by atoms with Crippen molar-refractivity contribution < 1.29 is 9.53 Å². The van der Waals surface area contributed by atoms with Crippen LogP contribution in [0.15, 0.2) is 36.5 Å². The predicted octanol–water partition coefficient (Wildman–Crippen LogP) is 3.57. The zero-order valence-corrected chi connectivity index (χ0v) is 16.2. The monoisotopic (exact) mass is 365 g/mol. The lowest BCUT2D eigenvalue weighted by molar-refractivity contribution is 0.0962. The van der Waals surface area contributed by atoms with Crippen LogP contribution in [-0.4, -0.2) is 41.0 Å². The number of fused-ring (bicyclic) bond motifs is 1. The molecule has 27 heavy (non-hydrogen) atoms. The van der Waals surface area contributed by atoms with Crippen LogP contribution in [-0.2, 0) is 12.8 Å². The molecule has 1 aliphatic carbocycles. The van der Waals surface area contributed by atoms with Crippen molar-refractivity contribution in [1.29, 1.82) is 0 Å². The van der Waals surface area contributed by atoms with Crippen LogP contribution in [0.4, 0.5) is 0 Å². The van der Waals surface area contributed by atoms with E-state index >= 15 is 0 Å². The van der Waals surface area contributed by atoms with Crippen LogP contribution in [0.25, 0.3) is 0 Å². The molecule has 1 N–H and O–H groups in total. The zero-order chi connectivity index (χ0) is 19.0. The molecule has 0 spiro atoms. The Morgan fingerprint density at radius 1 is 1.11 bits per heavy atom. The molecule has 2 aromatic rings. The molecule has 1 aromatic heterocycles. The lowest BCUT2D eigenvalue weighted by Crippen LogP contribution is -2.42. The first-order valence-electron chi connectivity index (χ1n) is 9.80. The van der Waals surface area contributed by atoms with Gasteiger partial charge in [-0.2, -0.15) is 0 Å². The van der Waals surface area contributed by atoms with Gasteiger partial charge in [0.1, 0.15) is 5.75 Å². The minimum atomic E-state index is -0.150. The summed E-state index contributed by atoms with van der Waals surface area (Å²) in [5.74, 6) is 1.15. The summed E-state index contributed by atoms with van der Waals surface area (Å²) in [4.78, 5) is 18.6. The maximum atomic E-state index is 11.6. The molecule has 1 aromatic carbocycles. The second-order valence-electron chi connectivity index (χ2n) is 7.78. The van der Waals surface area contributed by atoms with Gasteiger partial charge in [-0.15, -0.1) is 0 Å². The van der Waals surface area contributed by atoms with Crippen LogP contribution in [0.3, 0.4) is 0 Å². The van der Waals surface area contributed by atoms with E-state index in [2.05, 4.69) is 41.2 Å². The number of pyridine rings is 1. The minimum absolute atomic E-state index is 0.150. The molecule has 142 valence electrons. The van der Waals surface area contributed by atoms with Crippen molar-refractivity contribution in [2.75, 3.05) is 7.05 Å². The van der Waals surface area contributed by atoms with E-state index in [1.807, 2.05) is 6.07 Å². The second-order valence-corrected chi connectivity index (χ2v) is 7.78. The summed E-state index contributed by atoms with van der Waals surface area (Å²) in [6.07, 6.45) is 6.36. The SMILES string of the molecule is CNC(=O)c1ccc(Oc2ccc3c(c2)CC(N2[C@@H](C)CC[C@@H]2C)C3)nc1. The highest BCUT2D eigenvalue weighted by molar-refractivity contribution is 5.93. The van der Waals surface area contributed by atoms with Crippen molar-refractivity contribution in [2.45, 2.75) is 57.7 Å². The molecule has 1 unspecified atom stereocenters. The molecular formula is C22H27N3O2. The van der Waals surface area contributed by atoms with E-state index in [1.165, 1.54) is 30.2 Å². The molecule has 1 saturated heterocycles. The predicted molar refractivity (Wildman–Crippen MR) is 105 cm³/mol. The van der Waals surface area contributed by atoms with E-state index in [4.69, 9.17) is 4.74 Å². The van der Waals surface area contributed by atoms with Gasteiger partial charge in [0.2, 0.25) is 5.88 Å². The fourth-order valence-corrected chi connectivity index (χ4v) is 4.62. The van der Waals surface area contributed by atoms with Crippen molar-refractivity contribution in [3.8, 4) is 11.6 Å². The lowest BCUT2D eigenvalue weighted by atomic mass is 10.1. The van der Waals surface area contributed by atoms with Gasteiger partial charge in [-0.1, -0.05) is 6.07 Å². The maximum Gasteiger partial charge on any atom is 0.252 e. The average molecular weight is 365 g/mol. The second kappa shape index (κ2) is 7.31. The first kappa shape index (κ1) is 18.0. The molecule has 2 heterocycles. The third-order valence-electron chi connectivity index (χ3n) is 5.98. The summed E-state index contributed by atoms with van der Waals surface area (Å²) < 4.78 is 5.92. The highest BCUT2D eigenvalue weighted by Gasteiger charge is 2.36. The normalized spacial score (nSPS) is 24.6. The number of nitrogens with zero attached hydrogens (tertiary/aromatic N) is 2. The van der Waals surface area contributed by atoms with Gasteiger partial charge < -0.3 is 10.1 Å². The van der Waals surface area contributed by atoms with Crippen molar-refractivity contribution in [1.82, 2.24) is 15.2 Å². The summed E-state index contributed by atoms with van der Waals surface area (Å²) in [6.45, 7) is 4.71. The summed E-state index contributed by atoms with van der Waals surface area (Å²) in [6, 6.07) is 11.8. The molecule has 5 heteroatoms. The number of amides is 1. The van der Waals surface area contributed by atoms with Crippen LogP contribution >= 0.6 is 0 Å². The topological polar surface area (TPSA) is 54.5 Å². The summed E-state index contributed by atoms with van der Waals surface area (Å²) in [7, 11) is 1.61. The number of benzene rings is 1. The molecule has 4 rings (SSSR count). The van der Waals surface area contributed by atoms with Crippen LogP contribution in [0.5, 0.6) is 11.6 Å². The van der Waals surface area contributed by atoms with E-state index in [-0.39, 0.29) is 5.91 Å². The van der Waals surface area contributed by atoms with E-state index in [9.17, 15) is 4.79 Å². The average Bonchev–Trinajstić information content (AvgIpc) is 3.23.